The first kappa shape index (κ1) is 17.5. The number of H-pyrrole nitrogens is 1. The van der Waals surface area contributed by atoms with E-state index < -0.39 is 11.7 Å². The Hall–Kier alpha value is -2.27. The van der Waals surface area contributed by atoms with Crippen LogP contribution in [0.1, 0.15) is 23.2 Å². The average molecular weight is 365 g/mol. The number of halogens is 4. The number of fused-ring (bicyclic) bond motifs is 2. The number of para-hydroxylation sites is 1. The van der Waals surface area contributed by atoms with Gasteiger partial charge in [-0.15, -0.1) is 0 Å². The molecule has 1 heterocycles. The van der Waals surface area contributed by atoms with Crippen molar-refractivity contribution < 1.29 is 30.6 Å². The van der Waals surface area contributed by atoms with E-state index in [1.165, 1.54) is 17.3 Å². The number of aromatic nitrogens is 1. The third-order valence-corrected chi connectivity index (χ3v) is 4.46. The molecule has 0 saturated carbocycles. The second kappa shape index (κ2) is 6.56. The molecule has 0 radical (unpaired) electrons. The fourth-order valence-corrected chi connectivity index (χ4v) is 3.35. The molecule has 1 aromatic heterocycles. The van der Waals surface area contributed by atoms with Crippen molar-refractivity contribution in [2.75, 3.05) is 5.32 Å². The summed E-state index contributed by atoms with van der Waals surface area (Å²) >= 11 is 0. The van der Waals surface area contributed by atoms with Crippen LogP contribution < -0.4 is 22.7 Å². The van der Waals surface area contributed by atoms with Crippen LogP contribution in [0.2, 0.25) is 0 Å². The van der Waals surface area contributed by atoms with Crippen molar-refractivity contribution >= 4 is 22.3 Å². The number of hydrogen-bond acceptors (Lipinski definition) is 1. The van der Waals surface area contributed by atoms with Crippen molar-refractivity contribution in [1.29, 1.82) is 0 Å². The SMILES string of the molecule is FC(F)(F)c1cccc(Nc2c3c([nH+]c4ccccc24)CCC3)c1.[Cl-]. The van der Waals surface area contributed by atoms with E-state index in [4.69, 9.17) is 0 Å². The zero-order valence-corrected chi connectivity index (χ0v) is 14.0. The Kier molecular flexibility index (Phi) is 4.60. The highest BCUT2D eigenvalue weighted by Crippen LogP contribution is 2.36. The minimum absolute atomic E-state index is 0. The summed E-state index contributed by atoms with van der Waals surface area (Å²) in [6, 6.07) is 13.2. The Balaban J connectivity index is 0.00000182. The predicted octanol–water partition coefficient (Wildman–Crippen LogP) is 1.91. The smallest absolute Gasteiger partial charge is 0.416 e. The Morgan fingerprint density at radius 3 is 2.56 bits per heavy atom. The van der Waals surface area contributed by atoms with E-state index in [9.17, 15) is 13.2 Å². The summed E-state index contributed by atoms with van der Waals surface area (Å²) in [4.78, 5) is 3.45. The number of alkyl halides is 3. The topological polar surface area (TPSA) is 26.2 Å². The summed E-state index contributed by atoms with van der Waals surface area (Å²) < 4.78 is 38.8. The maximum atomic E-state index is 12.9. The molecule has 0 unspecified atom stereocenters. The summed E-state index contributed by atoms with van der Waals surface area (Å²) in [6.07, 6.45) is -1.39. The first-order chi connectivity index (χ1) is 11.5. The summed E-state index contributed by atoms with van der Waals surface area (Å²) in [5.41, 5.74) is 4.06. The largest absolute Gasteiger partial charge is 1.00 e. The minimum atomic E-state index is -4.34. The van der Waals surface area contributed by atoms with Crippen molar-refractivity contribution in [1.82, 2.24) is 0 Å². The van der Waals surface area contributed by atoms with Gasteiger partial charge in [0.2, 0.25) is 5.52 Å². The number of nitrogens with one attached hydrogen (secondary N) is 2. The predicted molar refractivity (Wildman–Crippen MR) is 87.3 cm³/mol. The number of aryl methyl sites for hydroxylation is 1. The van der Waals surface area contributed by atoms with E-state index in [0.29, 0.717) is 5.69 Å². The molecule has 6 heteroatoms. The molecule has 1 aliphatic rings. The van der Waals surface area contributed by atoms with E-state index >= 15 is 0 Å². The molecule has 0 amide bonds. The quantitative estimate of drug-likeness (QED) is 0.738. The lowest BCUT2D eigenvalue weighted by atomic mass is 10.1. The number of rotatable bonds is 2. The number of benzene rings is 2. The number of hydrogen-bond donors (Lipinski definition) is 1. The van der Waals surface area contributed by atoms with Gasteiger partial charge in [-0.2, -0.15) is 13.2 Å². The monoisotopic (exact) mass is 364 g/mol. The van der Waals surface area contributed by atoms with Crippen molar-refractivity contribution in [2.45, 2.75) is 25.4 Å². The Morgan fingerprint density at radius 2 is 1.76 bits per heavy atom. The van der Waals surface area contributed by atoms with Gasteiger partial charge in [0, 0.05) is 23.7 Å². The second-order valence-corrected chi connectivity index (χ2v) is 6.06. The molecule has 25 heavy (non-hydrogen) atoms. The lowest BCUT2D eigenvalue weighted by Gasteiger charge is -2.14. The molecule has 0 atom stereocenters. The lowest BCUT2D eigenvalue weighted by Crippen LogP contribution is -3.00. The zero-order valence-electron chi connectivity index (χ0n) is 13.3. The van der Waals surface area contributed by atoms with Gasteiger partial charge in [-0.3, -0.25) is 0 Å². The molecule has 3 aromatic rings. The molecule has 0 saturated heterocycles. The van der Waals surface area contributed by atoms with Crippen LogP contribution in [0.15, 0.2) is 48.5 Å². The highest BCUT2D eigenvalue weighted by molar-refractivity contribution is 5.93. The third-order valence-electron chi connectivity index (χ3n) is 4.46. The Labute approximate surface area is 149 Å². The van der Waals surface area contributed by atoms with Crippen molar-refractivity contribution in [2.24, 2.45) is 0 Å². The maximum absolute atomic E-state index is 12.9. The molecule has 2 aromatic carbocycles. The van der Waals surface area contributed by atoms with Gasteiger partial charge in [-0.25, -0.2) is 4.98 Å². The highest BCUT2D eigenvalue weighted by Gasteiger charge is 2.31. The van der Waals surface area contributed by atoms with Crippen molar-refractivity contribution in [3.05, 3.63) is 65.4 Å². The second-order valence-electron chi connectivity index (χ2n) is 6.06. The minimum Gasteiger partial charge on any atom is -1.00 e. The summed E-state index contributed by atoms with van der Waals surface area (Å²) in [5, 5.41) is 4.24. The Morgan fingerprint density at radius 1 is 0.960 bits per heavy atom. The van der Waals surface area contributed by atoms with Crippen LogP contribution in [0, 0.1) is 0 Å². The van der Waals surface area contributed by atoms with Crippen LogP contribution in [0.5, 0.6) is 0 Å². The van der Waals surface area contributed by atoms with E-state index in [2.05, 4.69) is 10.3 Å². The molecule has 0 aliphatic heterocycles. The molecule has 1 aliphatic carbocycles. The third kappa shape index (κ3) is 3.29. The normalized spacial score (nSPS) is 13.4. The molecular weight excluding hydrogens is 349 g/mol. The molecule has 0 fully saturated rings. The molecule has 130 valence electrons. The van der Waals surface area contributed by atoms with Crippen LogP contribution in [-0.4, -0.2) is 0 Å². The van der Waals surface area contributed by atoms with Gasteiger partial charge in [-0.1, -0.05) is 18.2 Å². The first-order valence-corrected chi connectivity index (χ1v) is 7.92. The van der Waals surface area contributed by atoms with Gasteiger partial charge in [0.1, 0.15) is 0 Å². The number of pyridine rings is 1. The lowest BCUT2D eigenvalue weighted by molar-refractivity contribution is -0.356. The first-order valence-electron chi connectivity index (χ1n) is 7.92. The molecule has 2 nitrogen and oxygen atoms in total. The number of anilines is 2. The summed E-state index contributed by atoms with van der Waals surface area (Å²) in [6.45, 7) is 0. The van der Waals surface area contributed by atoms with Gasteiger partial charge in [0.15, 0.2) is 5.69 Å². The van der Waals surface area contributed by atoms with E-state index in [1.807, 2.05) is 24.3 Å². The molecule has 2 N–H and O–H groups in total. The zero-order chi connectivity index (χ0) is 16.7. The average Bonchev–Trinajstić information content (AvgIpc) is 3.02. The molecule has 0 spiro atoms. The molecular formula is C19H16ClF3N2. The standard InChI is InChI=1S/C19H15F3N2.ClH/c20-19(21,22)12-5-3-6-13(11-12)23-18-14-7-1-2-9-16(14)24-17-10-4-8-15(17)18;/h1-3,5-7,9,11H,4,8,10H2,(H,23,24);1H. The van der Waals surface area contributed by atoms with Gasteiger partial charge >= 0.3 is 6.18 Å². The van der Waals surface area contributed by atoms with E-state index in [0.717, 1.165) is 48.0 Å². The van der Waals surface area contributed by atoms with Crippen LogP contribution >= 0.6 is 0 Å². The number of aromatic amines is 1. The fourth-order valence-electron chi connectivity index (χ4n) is 3.35. The van der Waals surface area contributed by atoms with Gasteiger partial charge in [-0.05, 0) is 37.1 Å². The van der Waals surface area contributed by atoms with Crippen LogP contribution in [0.4, 0.5) is 24.5 Å². The van der Waals surface area contributed by atoms with E-state index in [1.54, 1.807) is 6.07 Å². The van der Waals surface area contributed by atoms with Gasteiger partial charge < -0.3 is 17.7 Å². The van der Waals surface area contributed by atoms with E-state index in [-0.39, 0.29) is 12.4 Å². The van der Waals surface area contributed by atoms with Crippen LogP contribution in [0.25, 0.3) is 10.9 Å². The molecule has 4 rings (SSSR count). The summed E-state index contributed by atoms with van der Waals surface area (Å²) in [5.74, 6) is 0. The van der Waals surface area contributed by atoms with Crippen molar-refractivity contribution in [3.63, 3.8) is 0 Å². The maximum Gasteiger partial charge on any atom is 0.416 e. The van der Waals surface area contributed by atoms with Crippen molar-refractivity contribution in [3.8, 4) is 0 Å². The fraction of sp³-hybridized carbons (Fsp3) is 0.211. The molecule has 0 bridgehead atoms. The Bertz CT molecular complexity index is 922. The van der Waals surface area contributed by atoms with Crippen LogP contribution in [0.3, 0.4) is 0 Å². The summed E-state index contributed by atoms with van der Waals surface area (Å²) in [7, 11) is 0. The van der Waals surface area contributed by atoms with Crippen LogP contribution in [-0.2, 0) is 19.0 Å². The highest BCUT2D eigenvalue weighted by atomic mass is 35.5. The van der Waals surface area contributed by atoms with Gasteiger partial charge in [0.05, 0.1) is 16.6 Å². The van der Waals surface area contributed by atoms with Gasteiger partial charge in [0.25, 0.3) is 0 Å².